The molecule has 0 aliphatic rings. The number of hydrogen-bond acceptors (Lipinski definition) is 3. The smallest absolute Gasteiger partial charge is 0.0471 e. The Morgan fingerprint density at radius 1 is 1.25 bits per heavy atom. The van der Waals surface area contributed by atoms with Crippen LogP contribution in [0.5, 0.6) is 0 Å². The minimum Gasteiger partial charge on any atom is -0.396 e. The highest BCUT2D eigenvalue weighted by Gasteiger charge is 2.16. The van der Waals surface area contributed by atoms with Crippen molar-refractivity contribution < 1.29 is 5.11 Å². The fraction of sp³-hybridized carbons (Fsp3) is 0.625. The first-order chi connectivity index (χ1) is 9.47. The van der Waals surface area contributed by atoms with Crippen molar-refractivity contribution in [2.45, 2.75) is 52.7 Å². The number of hydrogen-bond donors (Lipinski definition) is 2. The van der Waals surface area contributed by atoms with Crippen molar-refractivity contribution in [1.82, 2.24) is 5.32 Å². The lowest BCUT2D eigenvalue weighted by Crippen LogP contribution is -2.34. The number of rotatable bonds is 8. The third-order valence-corrected chi connectivity index (χ3v) is 3.63. The summed E-state index contributed by atoms with van der Waals surface area (Å²) in [5, 5.41) is 13.3. The molecule has 0 bridgehead atoms. The van der Waals surface area contributed by atoms with Crippen molar-refractivity contribution in [3.05, 3.63) is 28.8 Å². The second-order valence-electron chi connectivity index (χ2n) is 5.64. The molecule has 3 nitrogen and oxygen atoms in total. The van der Waals surface area contributed by atoms with E-state index in [0.29, 0.717) is 12.1 Å². The van der Waals surface area contributed by atoms with E-state index < -0.39 is 0 Å². The molecule has 1 rings (SSSR count). The van der Waals surface area contributed by atoms with Gasteiger partial charge in [0.25, 0.3) is 0 Å². The number of benzene rings is 1. The molecule has 0 aliphatic heterocycles. The Morgan fingerprint density at radius 3 is 2.50 bits per heavy atom. The molecule has 0 radical (unpaired) electrons. The highest BCUT2D eigenvalue weighted by Crippen LogP contribution is 2.29. The van der Waals surface area contributed by atoms with Crippen LogP contribution in [-0.4, -0.2) is 30.3 Å². The van der Waals surface area contributed by atoms with Gasteiger partial charge >= 0.3 is 0 Å². The SMILES string of the molecule is CC(C)NCc1c(Cl)cccc1N(CCCO)C(C)C. The van der Waals surface area contributed by atoms with Crippen LogP contribution >= 0.6 is 11.6 Å². The van der Waals surface area contributed by atoms with E-state index >= 15 is 0 Å². The van der Waals surface area contributed by atoms with Crippen molar-refractivity contribution in [3.8, 4) is 0 Å². The molecule has 0 spiro atoms. The van der Waals surface area contributed by atoms with Crippen LogP contribution in [0.3, 0.4) is 0 Å². The number of nitrogens with one attached hydrogen (secondary N) is 1. The van der Waals surface area contributed by atoms with E-state index in [1.807, 2.05) is 12.1 Å². The monoisotopic (exact) mass is 298 g/mol. The summed E-state index contributed by atoms with van der Waals surface area (Å²) in [5.74, 6) is 0. The number of aliphatic hydroxyl groups is 1. The quantitative estimate of drug-likeness (QED) is 0.772. The second-order valence-corrected chi connectivity index (χ2v) is 6.04. The predicted octanol–water partition coefficient (Wildman–Crippen LogP) is 3.44. The highest BCUT2D eigenvalue weighted by molar-refractivity contribution is 6.31. The van der Waals surface area contributed by atoms with Gasteiger partial charge in [-0.1, -0.05) is 31.5 Å². The van der Waals surface area contributed by atoms with Gasteiger partial charge in [0, 0.05) is 48.1 Å². The molecular weight excluding hydrogens is 272 g/mol. The molecule has 1 aromatic rings. The summed E-state index contributed by atoms with van der Waals surface area (Å²) in [4.78, 5) is 2.31. The average Bonchev–Trinajstić information content (AvgIpc) is 2.37. The molecule has 0 saturated carbocycles. The summed E-state index contributed by atoms with van der Waals surface area (Å²) >= 11 is 6.38. The number of aliphatic hydroxyl groups excluding tert-OH is 1. The Balaban J connectivity index is 3.03. The molecule has 0 aliphatic carbocycles. The fourth-order valence-corrected chi connectivity index (χ4v) is 2.43. The Kier molecular flexibility index (Phi) is 7.35. The van der Waals surface area contributed by atoms with Crippen LogP contribution in [-0.2, 0) is 6.54 Å². The zero-order valence-electron chi connectivity index (χ0n) is 13.0. The Morgan fingerprint density at radius 2 is 1.95 bits per heavy atom. The molecule has 20 heavy (non-hydrogen) atoms. The summed E-state index contributed by atoms with van der Waals surface area (Å²) in [6.45, 7) is 10.4. The first-order valence-electron chi connectivity index (χ1n) is 7.35. The van der Waals surface area contributed by atoms with Crippen molar-refractivity contribution in [2.75, 3.05) is 18.1 Å². The first-order valence-corrected chi connectivity index (χ1v) is 7.73. The zero-order valence-corrected chi connectivity index (χ0v) is 13.7. The summed E-state index contributed by atoms with van der Waals surface area (Å²) < 4.78 is 0. The molecule has 0 atom stereocenters. The van der Waals surface area contributed by atoms with Crippen LogP contribution in [0.4, 0.5) is 5.69 Å². The molecule has 0 fully saturated rings. The van der Waals surface area contributed by atoms with Crippen LogP contribution in [0, 0.1) is 0 Å². The lowest BCUT2D eigenvalue weighted by atomic mass is 10.1. The summed E-state index contributed by atoms with van der Waals surface area (Å²) in [7, 11) is 0. The van der Waals surface area contributed by atoms with Gasteiger partial charge in [0.1, 0.15) is 0 Å². The van der Waals surface area contributed by atoms with Crippen LogP contribution in [0.2, 0.25) is 5.02 Å². The Hall–Kier alpha value is -0.770. The molecule has 0 saturated heterocycles. The van der Waals surface area contributed by atoms with Gasteiger partial charge in [-0.2, -0.15) is 0 Å². The van der Waals surface area contributed by atoms with Crippen molar-refractivity contribution in [1.29, 1.82) is 0 Å². The van der Waals surface area contributed by atoms with E-state index in [-0.39, 0.29) is 6.61 Å². The van der Waals surface area contributed by atoms with E-state index in [0.717, 1.165) is 35.8 Å². The largest absolute Gasteiger partial charge is 0.396 e. The second kappa shape index (κ2) is 8.50. The summed E-state index contributed by atoms with van der Waals surface area (Å²) in [6.07, 6.45) is 0.766. The maximum atomic E-state index is 9.08. The van der Waals surface area contributed by atoms with Crippen molar-refractivity contribution >= 4 is 17.3 Å². The molecule has 0 amide bonds. The molecular formula is C16H27ClN2O. The number of halogens is 1. The molecule has 2 N–H and O–H groups in total. The van der Waals surface area contributed by atoms with Crippen molar-refractivity contribution in [3.63, 3.8) is 0 Å². The standard InChI is InChI=1S/C16H27ClN2O/c1-12(2)18-11-14-15(17)7-5-8-16(14)19(13(3)4)9-6-10-20/h5,7-8,12-13,18,20H,6,9-11H2,1-4H3. The molecule has 0 aromatic heterocycles. The minimum absolute atomic E-state index is 0.212. The van der Waals surface area contributed by atoms with Gasteiger partial charge < -0.3 is 15.3 Å². The third kappa shape index (κ3) is 4.97. The predicted molar refractivity (Wildman–Crippen MR) is 87.6 cm³/mol. The molecule has 114 valence electrons. The maximum Gasteiger partial charge on any atom is 0.0471 e. The Labute approximate surface area is 127 Å². The van der Waals surface area contributed by atoms with Gasteiger partial charge in [0.15, 0.2) is 0 Å². The zero-order chi connectivity index (χ0) is 15.1. The van der Waals surface area contributed by atoms with Crippen LogP contribution in [0.15, 0.2) is 18.2 Å². The van der Waals surface area contributed by atoms with Crippen molar-refractivity contribution in [2.24, 2.45) is 0 Å². The lowest BCUT2D eigenvalue weighted by molar-refractivity contribution is 0.288. The van der Waals surface area contributed by atoms with E-state index in [9.17, 15) is 0 Å². The van der Waals surface area contributed by atoms with E-state index in [1.165, 1.54) is 0 Å². The third-order valence-electron chi connectivity index (χ3n) is 3.27. The van der Waals surface area contributed by atoms with E-state index in [2.05, 4.69) is 44.0 Å². The maximum absolute atomic E-state index is 9.08. The van der Waals surface area contributed by atoms with Crippen LogP contribution in [0.1, 0.15) is 39.7 Å². The first kappa shape index (κ1) is 17.3. The molecule has 1 aromatic carbocycles. The average molecular weight is 299 g/mol. The highest BCUT2D eigenvalue weighted by atomic mass is 35.5. The molecule has 0 heterocycles. The van der Waals surface area contributed by atoms with Gasteiger partial charge in [-0.05, 0) is 32.4 Å². The normalized spacial score (nSPS) is 11.4. The molecule has 4 heteroatoms. The van der Waals surface area contributed by atoms with Gasteiger partial charge in [0.2, 0.25) is 0 Å². The fourth-order valence-electron chi connectivity index (χ4n) is 2.20. The lowest BCUT2D eigenvalue weighted by Gasteiger charge is -2.31. The summed E-state index contributed by atoms with van der Waals surface area (Å²) in [5.41, 5.74) is 2.30. The van der Waals surface area contributed by atoms with Gasteiger partial charge in [-0.15, -0.1) is 0 Å². The van der Waals surface area contributed by atoms with E-state index in [4.69, 9.17) is 16.7 Å². The van der Waals surface area contributed by atoms with Crippen LogP contribution in [0.25, 0.3) is 0 Å². The van der Waals surface area contributed by atoms with Gasteiger partial charge in [0.05, 0.1) is 0 Å². The van der Waals surface area contributed by atoms with Gasteiger partial charge in [-0.3, -0.25) is 0 Å². The van der Waals surface area contributed by atoms with E-state index in [1.54, 1.807) is 0 Å². The summed E-state index contributed by atoms with van der Waals surface area (Å²) in [6, 6.07) is 6.83. The van der Waals surface area contributed by atoms with Crippen LogP contribution < -0.4 is 10.2 Å². The van der Waals surface area contributed by atoms with Gasteiger partial charge in [-0.25, -0.2) is 0 Å². The minimum atomic E-state index is 0.212. The number of anilines is 1. The molecule has 0 unspecified atom stereocenters. The number of nitrogens with zero attached hydrogens (tertiary/aromatic N) is 1. The Bertz CT molecular complexity index is 407. The topological polar surface area (TPSA) is 35.5 Å².